The Morgan fingerprint density at radius 1 is 1.35 bits per heavy atom. The van der Waals surface area contributed by atoms with Crippen LogP contribution < -0.4 is 5.73 Å². The van der Waals surface area contributed by atoms with Crippen molar-refractivity contribution in [1.29, 1.82) is 0 Å². The molecule has 0 fully saturated rings. The van der Waals surface area contributed by atoms with Gasteiger partial charge in [-0.3, -0.25) is 0 Å². The number of carboxylic acids is 2. The molecule has 0 aromatic carbocycles. The molecule has 5 nitrogen and oxygen atoms in total. The molecule has 0 rings (SSSR count). The largest absolute Gasteiger partial charge is 0.479 e. The average molecular weight is 261 g/mol. The zero-order chi connectivity index (χ0) is 13.7. The minimum atomic E-state index is -2.29. The molecule has 0 aromatic heterocycles. The van der Waals surface area contributed by atoms with E-state index in [1.54, 1.807) is 6.08 Å². The van der Waals surface area contributed by atoms with Crippen LogP contribution in [-0.2, 0) is 9.59 Å². The summed E-state index contributed by atoms with van der Waals surface area (Å²) in [5.74, 6) is -2.41. The molecular weight excluding hydrogens is 242 g/mol. The number of thioether (sulfide) groups is 1. The molecule has 0 spiro atoms. The molecule has 98 valence electrons. The van der Waals surface area contributed by atoms with Gasteiger partial charge >= 0.3 is 11.9 Å². The minimum absolute atomic E-state index is 0.637. The summed E-state index contributed by atoms with van der Waals surface area (Å²) in [6.45, 7) is 6.65. The lowest BCUT2D eigenvalue weighted by molar-refractivity contribution is -0.158. The van der Waals surface area contributed by atoms with Gasteiger partial charge in [0.25, 0.3) is 0 Å². The normalized spacial score (nSPS) is 12.2. The Bertz CT molecular complexity index is 301. The highest BCUT2D eigenvalue weighted by Crippen LogP contribution is 2.35. The van der Waals surface area contributed by atoms with E-state index in [1.165, 1.54) is 25.6 Å². The fraction of sp³-hybridized carbons (Fsp3) is 0.636. The Morgan fingerprint density at radius 3 is 2.18 bits per heavy atom. The first-order chi connectivity index (χ1) is 7.70. The van der Waals surface area contributed by atoms with Gasteiger partial charge < -0.3 is 15.9 Å². The Balaban J connectivity index is 4.79. The molecule has 0 aliphatic carbocycles. The van der Waals surface area contributed by atoms with E-state index in [0.717, 1.165) is 12.8 Å². The number of carbonyl (C=O) groups is 2. The number of aliphatic carboxylic acids is 2. The lowest BCUT2D eigenvalue weighted by Gasteiger charge is -2.36. The van der Waals surface area contributed by atoms with Gasteiger partial charge in [0.15, 0.2) is 0 Å². The van der Waals surface area contributed by atoms with Crippen LogP contribution in [0.5, 0.6) is 0 Å². The lowest BCUT2D eigenvalue weighted by Crippen LogP contribution is -2.66. The maximum Gasteiger partial charge on any atom is 0.336 e. The predicted molar refractivity (Wildman–Crippen MR) is 68.2 cm³/mol. The van der Waals surface area contributed by atoms with Crippen LogP contribution in [0.3, 0.4) is 0 Å². The SMILES string of the molecule is C=CCCCSC(C)(C)C(N)(C(=O)O)C(=O)O. The number of rotatable bonds is 8. The third kappa shape index (κ3) is 3.47. The zero-order valence-electron chi connectivity index (χ0n) is 10.1. The monoisotopic (exact) mass is 261 g/mol. The van der Waals surface area contributed by atoms with E-state index in [9.17, 15) is 9.59 Å². The van der Waals surface area contributed by atoms with Gasteiger partial charge in [-0.1, -0.05) is 6.08 Å². The van der Waals surface area contributed by atoms with Gasteiger partial charge in [-0.05, 0) is 32.4 Å². The summed E-state index contributed by atoms with van der Waals surface area (Å²) in [6, 6.07) is 0. The third-order valence-electron chi connectivity index (χ3n) is 2.64. The van der Waals surface area contributed by atoms with Crippen LogP contribution >= 0.6 is 11.8 Å². The summed E-state index contributed by atoms with van der Waals surface area (Å²) in [7, 11) is 0. The van der Waals surface area contributed by atoms with Gasteiger partial charge in [0, 0.05) is 0 Å². The van der Waals surface area contributed by atoms with E-state index in [2.05, 4.69) is 6.58 Å². The average Bonchev–Trinajstić information content (AvgIpc) is 2.22. The second-order valence-electron chi connectivity index (χ2n) is 4.21. The minimum Gasteiger partial charge on any atom is -0.479 e. The summed E-state index contributed by atoms with van der Waals surface area (Å²) in [6.07, 6.45) is 3.38. The molecule has 17 heavy (non-hydrogen) atoms. The number of unbranched alkanes of at least 4 members (excludes halogenated alkanes) is 1. The van der Waals surface area contributed by atoms with Crippen molar-refractivity contribution in [3.05, 3.63) is 12.7 Å². The molecule has 0 unspecified atom stereocenters. The molecule has 0 heterocycles. The molecule has 0 saturated heterocycles. The van der Waals surface area contributed by atoms with E-state index in [4.69, 9.17) is 15.9 Å². The molecular formula is C11H19NO4S. The third-order valence-corrected chi connectivity index (χ3v) is 4.18. The van der Waals surface area contributed by atoms with Crippen LogP contribution in [0.4, 0.5) is 0 Å². The molecule has 0 aliphatic heterocycles. The van der Waals surface area contributed by atoms with Crippen molar-refractivity contribution in [2.24, 2.45) is 5.73 Å². The summed E-state index contributed by atoms with van der Waals surface area (Å²) >= 11 is 1.25. The second-order valence-corrected chi connectivity index (χ2v) is 5.93. The topological polar surface area (TPSA) is 101 Å². The predicted octanol–water partition coefficient (Wildman–Crippen LogP) is 1.33. The Hall–Kier alpha value is -1.01. The van der Waals surface area contributed by atoms with Crippen LogP contribution in [0.15, 0.2) is 12.7 Å². The number of allylic oxidation sites excluding steroid dienone is 1. The molecule has 0 bridgehead atoms. The molecule has 0 amide bonds. The van der Waals surface area contributed by atoms with Gasteiger partial charge in [0.1, 0.15) is 0 Å². The van der Waals surface area contributed by atoms with Crippen molar-refractivity contribution in [2.75, 3.05) is 5.75 Å². The van der Waals surface area contributed by atoms with E-state index in [1.807, 2.05) is 0 Å². The summed E-state index contributed by atoms with van der Waals surface area (Å²) < 4.78 is -1.09. The van der Waals surface area contributed by atoms with Gasteiger partial charge in [-0.15, -0.1) is 6.58 Å². The molecule has 6 heteroatoms. The first-order valence-electron chi connectivity index (χ1n) is 5.20. The second kappa shape index (κ2) is 6.07. The van der Waals surface area contributed by atoms with Gasteiger partial charge in [-0.2, -0.15) is 11.8 Å². The highest BCUT2D eigenvalue weighted by molar-refractivity contribution is 8.00. The molecule has 0 aliphatic rings. The highest BCUT2D eigenvalue weighted by atomic mass is 32.2. The van der Waals surface area contributed by atoms with Crippen LogP contribution in [0.1, 0.15) is 26.7 Å². The van der Waals surface area contributed by atoms with Crippen LogP contribution in [0.25, 0.3) is 0 Å². The zero-order valence-corrected chi connectivity index (χ0v) is 10.9. The van der Waals surface area contributed by atoms with Gasteiger partial charge in [0.05, 0.1) is 4.75 Å². The number of carboxylic acid groups (broad SMARTS) is 2. The first-order valence-corrected chi connectivity index (χ1v) is 6.19. The summed E-state index contributed by atoms with van der Waals surface area (Å²) in [4.78, 5) is 22.1. The van der Waals surface area contributed by atoms with E-state index in [-0.39, 0.29) is 0 Å². The molecule has 0 saturated carbocycles. The van der Waals surface area contributed by atoms with Gasteiger partial charge in [0.2, 0.25) is 5.54 Å². The summed E-state index contributed by atoms with van der Waals surface area (Å²) in [5, 5.41) is 18.0. The number of nitrogens with two attached hydrogens (primary N) is 1. The Labute approximate surface area is 105 Å². The molecule has 0 atom stereocenters. The fourth-order valence-corrected chi connectivity index (χ4v) is 2.50. The maximum absolute atomic E-state index is 11.1. The van der Waals surface area contributed by atoms with Crippen LogP contribution in [0.2, 0.25) is 0 Å². The van der Waals surface area contributed by atoms with Crippen molar-refractivity contribution >= 4 is 23.7 Å². The fourth-order valence-electron chi connectivity index (χ4n) is 1.28. The van der Waals surface area contributed by atoms with E-state index in [0.29, 0.717) is 5.75 Å². The van der Waals surface area contributed by atoms with Crippen molar-refractivity contribution in [3.8, 4) is 0 Å². The van der Waals surface area contributed by atoms with Crippen LogP contribution in [-0.4, -0.2) is 38.2 Å². The first kappa shape index (κ1) is 16.0. The van der Waals surface area contributed by atoms with Crippen LogP contribution in [0, 0.1) is 0 Å². The molecule has 0 aromatic rings. The molecule has 0 radical (unpaired) electrons. The smallest absolute Gasteiger partial charge is 0.336 e. The maximum atomic E-state index is 11.1. The number of hydrogen-bond donors (Lipinski definition) is 3. The van der Waals surface area contributed by atoms with E-state index >= 15 is 0 Å². The standard InChI is InChI=1S/C11H19NO4S/c1-4-5-6-7-17-10(2,3)11(12,8(13)14)9(15)16/h4H,1,5-7,12H2,2-3H3,(H,13,14)(H,15,16). The van der Waals surface area contributed by atoms with Crippen molar-refractivity contribution < 1.29 is 19.8 Å². The van der Waals surface area contributed by atoms with Crippen molar-refractivity contribution in [3.63, 3.8) is 0 Å². The number of hydrogen-bond acceptors (Lipinski definition) is 4. The Morgan fingerprint density at radius 2 is 1.82 bits per heavy atom. The highest BCUT2D eigenvalue weighted by Gasteiger charge is 2.55. The lowest BCUT2D eigenvalue weighted by atomic mass is 9.86. The summed E-state index contributed by atoms with van der Waals surface area (Å²) in [5.41, 5.74) is 3.25. The van der Waals surface area contributed by atoms with Crippen molar-refractivity contribution in [1.82, 2.24) is 0 Å². The van der Waals surface area contributed by atoms with Gasteiger partial charge in [-0.25, -0.2) is 9.59 Å². The van der Waals surface area contributed by atoms with Crippen molar-refractivity contribution in [2.45, 2.75) is 37.0 Å². The Kier molecular flexibility index (Phi) is 5.71. The quantitative estimate of drug-likeness (QED) is 0.346. The molecule has 4 N–H and O–H groups in total. The van der Waals surface area contributed by atoms with E-state index < -0.39 is 22.2 Å².